The van der Waals surface area contributed by atoms with Crippen molar-refractivity contribution in [1.29, 1.82) is 0 Å². The molecule has 1 aliphatic rings. The molecule has 1 saturated heterocycles. The molecule has 1 atom stereocenters. The second-order valence-electron chi connectivity index (χ2n) is 4.62. The highest BCUT2D eigenvalue weighted by Gasteiger charge is 2.39. The third-order valence-corrected chi connectivity index (χ3v) is 4.77. The number of thiocarbonyl (C=S) groups is 1. The van der Waals surface area contributed by atoms with Gasteiger partial charge in [-0.25, -0.2) is 9.18 Å². The highest BCUT2D eigenvalue weighted by Crippen LogP contribution is 2.35. The average Bonchev–Trinajstić information content (AvgIpc) is 2.77. The first-order chi connectivity index (χ1) is 10.9. The van der Waals surface area contributed by atoms with Crippen LogP contribution in [0.5, 0.6) is 0 Å². The van der Waals surface area contributed by atoms with Crippen molar-refractivity contribution in [3.63, 3.8) is 0 Å². The van der Waals surface area contributed by atoms with Gasteiger partial charge in [-0.05, 0) is 32.1 Å². The molecule has 0 radical (unpaired) electrons. The number of benzene rings is 1. The Hall–Kier alpha value is -1.44. The Balaban J connectivity index is 2.31. The van der Waals surface area contributed by atoms with E-state index in [1.165, 1.54) is 36.1 Å². The molecule has 0 saturated carbocycles. The number of carbonyl (C=O) groups is 2. The lowest BCUT2D eigenvalue weighted by Gasteiger charge is -2.21. The lowest BCUT2D eigenvalue weighted by molar-refractivity contribution is -0.149. The SMILES string of the molecule is CCOC(=O)C(C)N1C(=O)/C(=C/c2c(F)cccc2Cl)SC1=S. The zero-order valence-corrected chi connectivity index (χ0v) is 14.7. The molecule has 1 heterocycles. The summed E-state index contributed by atoms with van der Waals surface area (Å²) in [5.41, 5.74) is 0.110. The van der Waals surface area contributed by atoms with Gasteiger partial charge in [0.25, 0.3) is 5.91 Å². The predicted octanol–water partition coefficient (Wildman–Crippen LogP) is 3.63. The number of hydrogen-bond acceptors (Lipinski definition) is 5. The Kier molecular flexibility index (Phi) is 5.78. The van der Waals surface area contributed by atoms with Crippen LogP contribution in [0.4, 0.5) is 4.39 Å². The Bertz CT molecular complexity index is 688. The van der Waals surface area contributed by atoms with Gasteiger partial charge in [-0.3, -0.25) is 9.69 Å². The second kappa shape index (κ2) is 7.42. The van der Waals surface area contributed by atoms with Gasteiger partial charge < -0.3 is 4.74 Å². The van der Waals surface area contributed by atoms with Crippen molar-refractivity contribution in [2.24, 2.45) is 0 Å². The second-order valence-corrected chi connectivity index (χ2v) is 6.70. The molecule has 23 heavy (non-hydrogen) atoms. The summed E-state index contributed by atoms with van der Waals surface area (Å²) in [6, 6.07) is 3.41. The van der Waals surface area contributed by atoms with E-state index < -0.39 is 23.7 Å². The van der Waals surface area contributed by atoms with Crippen LogP contribution in [0.25, 0.3) is 6.08 Å². The number of ether oxygens (including phenoxy) is 1. The summed E-state index contributed by atoms with van der Waals surface area (Å²) >= 11 is 12.1. The Morgan fingerprint density at radius 3 is 2.87 bits per heavy atom. The molecular formula is C15H13ClFNO3S2. The minimum absolute atomic E-state index is 0.110. The third kappa shape index (κ3) is 3.73. The minimum Gasteiger partial charge on any atom is -0.464 e. The fraction of sp³-hybridized carbons (Fsp3) is 0.267. The van der Waals surface area contributed by atoms with Crippen LogP contribution < -0.4 is 0 Å². The van der Waals surface area contributed by atoms with E-state index in [2.05, 4.69) is 0 Å². The van der Waals surface area contributed by atoms with E-state index in [0.29, 0.717) is 0 Å². The van der Waals surface area contributed by atoms with Crippen LogP contribution in [0.15, 0.2) is 23.1 Å². The molecule has 4 nitrogen and oxygen atoms in total. The standard InChI is InChI=1S/C15H13ClFNO3S2/c1-3-21-14(20)8(2)18-13(19)12(23-15(18)22)7-9-10(16)5-4-6-11(9)17/h4-8H,3H2,1-2H3/b12-7-. The number of nitrogens with zero attached hydrogens (tertiary/aromatic N) is 1. The van der Waals surface area contributed by atoms with Gasteiger partial charge >= 0.3 is 5.97 Å². The fourth-order valence-corrected chi connectivity index (χ4v) is 3.58. The van der Waals surface area contributed by atoms with Gasteiger partial charge in [-0.15, -0.1) is 0 Å². The summed E-state index contributed by atoms with van der Waals surface area (Å²) in [5, 5.41) is 0.189. The topological polar surface area (TPSA) is 46.6 Å². The largest absolute Gasteiger partial charge is 0.464 e. The molecule has 1 aromatic rings. The number of rotatable bonds is 4. The maximum absolute atomic E-state index is 13.8. The molecule has 0 bridgehead atoms. The van der Waals surface area contributed by atoms with E-state index in [0.717, 1.165) is 11.8 Å². The number of carbonyl (C=O) groups excluding carboxylic acids is 2. The van der Waals surface area contributed by atoms with Crippen molar-refractivity contribution < 1.29 is 18.7 Å². The van der Waals surface area contributed by atoms with Crippen molar-refractivity contribution in [1.82, 2.24) is 4.90 Å². The molecule has 2 rings (SSSR count). The molecule has 1 amide bonds. The molecule has 1 aromatic carbocycles. The minimum atomic E-state index is -0.843. The first-order valence-electron chi connectivity index (χ1n) is 6.74. The third-order valence-electron chi connectivity index (χ3n) is 3.11. The van der Waals surface area contributed by atoms with Crippen LogP contribution in [-0.2, 0) is 14.3 Å². The molecule has 122 valence electrons. The number of amides is 1. The number of thioether (sulfide) groups is 1. The maximum Gasteiger partial charge on any atom is 0.329 e. The van der Waals surface area contributed by atoms with Gasteiger partial charge in [0.1, 0.15) is 16.2 Å². The normalized spacial score (nSPS) is 17.7. The van der Waals surface area contributed by atoms with E-state index in [9.17, 15) is 14.0 Å². The average molecular weight is 374 g/mol. The van der Waals surface area contributed by atoms with Crippen LogP contribution in [0.3, 0.4) is 0 Å². The maximum atomic E-state index is 13.8. The van der Waals surface area contributed by atoms with Crippen molar-refractivity contribution >= 4 is 57.9 Å². The van der Waals surface area contributed by atoms with Gasteiger partial charge in [-0.2, -0.15) is 0 Å². The Morgan fingerprint density at radius 2 is 2.26 bits per heavy atom. The lowest BCUT2D eigenvalue weighted by atomic mass is 10.2. The molecule has 0 spiro atoms. The summed E-state index contributed by atoms with van der Waals surface area (Å²) in [4.78, 5) is 25.6. The van der Waals surface area contributed by atoms with E-state index in [1.54, 1.807) is 6.92 Å². The smallest absolute Gasteiger partial charge is 0.329 e. The van der Waals surface area contributed by atoms with Crippen molar-refractivity contribution in [2.75, 3.05) is 6.61 Å². The first kappa shape index (κ1) is 17.9. The molecule has 1 unspecified atom stereocenters. The summed E-state index contributed by atoms with van der Waals surface area (Å²) in [5.74, 6) is -1.56. The van der Waals surface area contributed by atoms with Crippen molar-refractivity contribution in [3.8, 4) is 0 Å². The summed E-state index contributed by atoms with van der Waals surface area (Å²) < 4.78 is 19.0. The molecular weight excluding hydrogens is 361 g/mol. The molecule has 1 fully saturated rings. The summed E-state index contributed by atoms with van der Waals surface area (Å²) in [7, 11) is 0. The number of halogens is 2. The van der Waals surface area contributed by atoms with Crippen LogP contribution in [0.2, 0.25) is 5.02 Å². The van der Waals surface area contributed by atoms with Crippen LogP contribution in [-0.4, -0.2) is 33.7 Å². The monoisotopic (exact) mass is 373 g/mol. The highest BCUT2D eigenvalue weighted by atomic mass is 35.5. The highest BCUT2D eigenvalue weighted by molar-refractivity contribution is 8.26. The first-order valence-corrected chi connectivity index (χ1v) is 8.34. The van der Waals surface area contributed by atoms with Gasteiger partial charge in [0, 0.05) is 5.56 Å². The molecule has 0 aliphatic carbocycles. The van der Waals surface area contributed by atoms with Crippen LogP contribution >= 0.6 is 35.6 Å². The van der Waals surface area contributed by atoms with Crippen molar-refractivity contribution in [3.05, 3.63) is 39.5 Å². The molecule has 1 aliphatic heterocycles. The quantitative estimate of drug-likeness (QED) is 0.458. The molecule has 8 heteroatoms. The van der Waals surface area contributed by atoms with Gasteiger partial charge in [0.2, 0.25) is 0 Å². The van der Waals surface area contributed by atoms with Gasteiger partial charge in [0.05, 0.1) is 16.5 Å². The summed E-state index contributed by atoms with van der Waals surface area (Å²) in [6.45, 7) is 3.41. The number of hydrogen-bond donors (Lipinski definition) is 0. The van der Waals surface area contributed by atoms with Gasteiger partial charge in [0.15, 0.2) is 0 Å². The Labute approximate surface area is 147 Å². The van der Waals surface area contributed by atoms with E-state index >= 15 is 0 Å². The number of esters is 1. The lowest BCUT2D eigenvalue weighted by Crippen LogP contribution is -2.42. The zero-order chi connectivity index (χ0) is 17.1. The zero-order valence-electron chi connectivity index (χ0n) is 12.3. The van der Waals surface area contributed by atoms with E-state index in [4.69, 9.17) is 28.6 Å². The summed E-state index contributed by atoms with van der Waals surface area (Å²) in [6.07, 6.45) is 1.34. The van der Waals surface area contributed by atoms with Crippen LogP contribution in [0, 0.1) is 5.82 Å². The van der Waals surface area contributed by atoms with E-state index in [1.807, 2.05) is 0 Å². The van der Waals surface area contributed by atoms with Gasteiger partial charge in [-0.1, -0.05) is 41.6 Å². The predicted molar refractivity (Wildman–Crippen MR) is 92.5 cm³/mol. The van der Waals surface area contributed by atoms with Crippen LogP contribution in [0.1, 0.15) is 19.4 Å². The molecule has 0 aromatic heterocycles. The fourth-order valence-electron chi connectivity index (χ4n) is 1.96. The van der Waals surface area contributed by atoms with E-state index in [-0.39, 0.29) is 26.4 Å². The Morgan fingerprint density at radius 1 is 1.57 bits per heavy atom. The molecule has 0 N–H and O–H groups in total. The van der Waals surface area contributed by atoms with Crippen molar-refractivity contribution in [2.45, 2.75) is 19.9 Å².